The van der Waals surface area contributed by atoms with Crippen LogP contribution in [0.3, 0.4) is 0 Å². The Hall–Kier alpha value is -1.91. The number of rotatable bonds is 5. The van der Waals surface area contributed by atoms with Crippen LogP contribution in [0.25, 0.3) is 0 Å². The Balaban J connectivity index is 1.47. The van der Waals surface area contributed by atoms with Crippen molar-refractivity contribution in [2.45, 2.75) is 44.3 Å². The van der Waals surface area contributed by atoms with Gasteiger partial charge in [0.05, 0.1) is 7.11 Å². The summed E-state index contributed by atoms with van der Waals surface area (Å²) in [5.41, 5.74) is 2.66. The maximum absolute atomic E-state index is 14.1. The van der Waals surface area contributed by atoms with Gasteiger partial charge in [0.1, 0.15) is 0 Å². The molecule has 0 aliphatic carbocycles. The highest BCUT2D eigenvalue weighted by Gasteiger charge is 2.43. The van der Waals surface area contributed by atoms with Crippen LogP contribution in [-0.4, -0.2) is 42.1 Å². The van der Waals surface area contributed by atoms with Crippen molar-refractivity contribution < 1.29 is 9.13 Å². The summed E-state index contributed by atoms with van der Waals surface area (Å²) in [5.74, 6) is 0.0548. The van der Waals surface area contributed by atoms with E-state index in [1.807, 2.05) is 6.07 Å². The standard InChI is InChI=1S/C23H29FN2O/c1-27-22-10-9-20(15-21(22)24)17-26-14-6-12-23(26)11-5-13-25(18-23)16-19-7-3-2-4-8-19/h2-4,7-10,15H,5-6,11-14,16-18H2,1H3/t23-/m0/s1. The molecule has 2 heterocycles. The molecule has 2 aliphatic rings. The number of hydrogen-bond acceptors (Lipinski definition) is 3. The molecule has 2 fully saturated rings. The Kier molecular flexibility index (Phi) is 5.46. The Morgan fingerprint density at radius 2 is 1.74 bits per heavy atom. The molecule has 0 N–H and O–H groups in total. The molecule has 0 radical (unpaired) electrons. The summed E-state index contributed by atoms with van der Waals surface area (Å²) < 4.78 is 19.2. The number of hydrogen-bond donors (Lipinski definition) is 0. The maximum atomic E-state index is 14.1. The minimum atomic E-state index is -0.266. The van der Waals surface area contributed by atoms with Crippen molar-refractivity contribution >= 4 is 0 Å². The fraction of sp³-hybridized carbons (Fsp3) is 0.478. The molecule has 0 aromatic heterocycles. The second-order valence-electron chi connectivity index (χ2n) is 8.02. The minimum Gasteiger partial charge on any atom is -0.494 e. The zero-order chi connectivity index (χ0) is 18.7. The molecular formula is C23H29FN2O. The third kappa shape index (κ3) is 4.02. The molecule has 4 rings (SSSR count). The third-order valence-corrected chi connectivity index (χ3v) is 6.21. The molecule has 0 bridgehead atoms. The Morgan fingerprint density at radius 3 is 2.48 bits per heavy atom. The summed E-state index contributed by atoms with van der Waals surface area (Å²) in [7, 11) is 1.51. The Bertz CT molecular complexity index is 766. The van der Waals surface area contributed by atoms with Crippen molar-refractivity contribution in [3.8, 4) is 5.75 Å². The van der Waals surface area contributed by atoms with Gasteiger partial charge in [0.15, 0.2) is 11.6 Å². The van der Waals surface area contributed by atoms with Crippen LogP contribution in [0.1, 0.15) is 36.8 Å². The predicted molar refractivity (Wildman–Crippen MR) is 106 cm³/mol. The van der Waals surface area contributed by atoms with Crippen molar-refractivity contribution in [2.75, 3.05) is 26.7 Å². The number of piperidine rings is 1. The normalized spacial score (nSPS) is 23.8. The summed E-state index contributed by atoms with van der Waals surface area (Å²) in [6.45, 7) is 5.22. The van der Waals surface area contributed by atoms with Gasteiger partial charge in [0.25, 0.3) is 0 Å². The average molecular weight is 368 g/mol. The third-order valence-electron chi connectivity index (χ3n) is 6.21. The number of halogens is 1. The van der Waals surface area contributed by atoms with Crippen LogP contribution in [0, 0.1) is 5.82 Å². The summed E-state index contributed by atoms with van der Waals surface area (Å²) in [5, 5.41) is 0. The van der Waals surface area contributed by atoms with Gasteiger partial charge in [-0.25, -0.2) is 4.39 Å². The largest absolute Gasteiger partial charge is 0.494 e. The second-order valence-corrected chi connectivity index (χ2v) is 8.02. The van der Waals surface area contributed by atoms with Crippen LogP contribution in [0.4, 0.5) is 4.39 Å². The van der Waals surface area contributed by atoms with Crippen LogP contribution >= 0.6 is 0 Å². The molecule has 2 aromatic rings. The lowest BCUT2D eigenvalue weighted by atomic mass is 9.86. The van der Waals surface area contributed by atoms with Gasteiger partial charge < -0.3 is 4.74 Å². The number of methoxy groups -OCH3 is 1. The highest BCUT2D eigenvalue weighted by Crippen LogP contribution is 2.38. The van der Waals surface area contributed by atoms with E-state index in [2.05, 4.69) is 40.1 Å². The monoisotopic (exact) mass is 368 g/mol. The van der Waals surface area contributed by atoms with Gasteiger partial charge in [-0.3, -0.25) is 9.80 Å². The predicted octanol–water partition coefficient (Wildman–Crippen LogP) is 4.46. The van der Waals surface area contributed by atoms with Gasteiger partial charge >= 0.3 is 0 Å². The molecular weight excluding hydrogens is 339 g/mol. The van der Waals surface area contributed by atoms with Gasteiger partial charge in [0, 0.05) is 25.2 Å². The van der Waals surface area contributed by atoms with Crippen LogP contribution in [-0.2, 0) is 13.1 Å². The minimum absolute atomic E-state index is 0.240. The van der Waals surface area contributed by atoms with Gasteiger partial charge in [-0.05, 0) is 62.0 Å². The lowest BCUT2D eigenvalue weighted by Crippen LogP contribution is -2.55. The lowest BCUT2D eigenvalue weighted by molar-refractivity contribution is 0.0328. The quantitative estimate of drug-likeness (QED) is 0.775. The van der Waals surface area contributed by atoms with E-state index in [0.717, 1.165) is 31.7 Å². The van der Waals surface area contributed by atoms with Gasteiger partial charge in [-0.1, -0.05) is 36.4 Å². The Morgan fingerprint density at radius 1 is 0.963 bits per heavy atom. The van der Waals surface area contributed by atoms with E-state index in [-0.39, 0.29) is 11.4 Å². The number of benzene rings is 2. The number of likely N-dealkylation sites (tertiary alicyclic amines) is 2. The molecule has 0 unspecified atom stereocenters. The fourth-order valence-corrected chi connectivity index (χ4v) is 4.91. The van der Waals surface area contributed by atoms with E-state index in [9.17, 15) is 4.39 Å². The van der Waals surface area contributed by atoms with Crippen molar-refractivity contribution in [1.82, 2.24) is 9.80 Å². The van der Waals surface area contributed by atoms with Gasteiger partial charge in [-0.15, -0.1) is 0 Å². The van der Waals surface area contributed by atoms with Crippen LogP contribution in [0.15, 0.2) is 48.5 Å². The summed E-state index contributed by atoms with van der Waals surface area (Å²) in [6.07, 6.45) is 4.96. The van der Waals surface area contributed by atoms with E-state index in [1.54, 1.807) is 12.1 Å². The van der Waals surface area contributed by atoms with Gasteiger partial charge in [-0.2, -0.15) is 0 Å². The van der Waals surface area contributed by atoms with Crippen LogP contribution < -0.4 is 4.74 Å². The van der Waals surface area contributed by atoms with E-state index in [0.29, 0.717) is 5.75 Å². The average Bonchev–Trinajstić information content (AvgIpc) is 3.04. The molecule has 1 spiro atoms. The highest BCUT2D eigenvalue weighted by atomic mass is 19.1. The summed E-state index contributed by atoms with van der Waals surface area (Å²) >= 11 is 0. The zero-order valence-corrected chi connectivity index (χ0v) is 16.2. The molecule has 2 aliphatic heterocycles. The number of nitrogens with zero attached hydrogens (tertiary/aromatic N) is 2. The van der Waals surface area contributed by atoms with Crippen LogP contribution in [0.5, 0.6) is 5.75 Å². The molecule has 4 heteroatoms. The molecule has 2 saturated heterocycles. The molecule has 27 heavy (non-hydrogen) atoms. The molecule has 144 valence electrons. The molecule has 3 nitrogen and oxygen atoms in total. The lowest BCUT2D eigenvalue weighted by Gasteiger charge is -2.46. The SMILES string of the molecule is COc1ccc(CN2CCC[C@]23CCCN(Cc2ccccc2)C3)cc1F. The first-order chi connectivity index (χ1) is 13.2. The first kappa shape index (κ1) is 18.5. The molecule has 2 aromatic carbocycles. The maximum Gasteiger partial charge on any atom is 0.165 e. The highest BCUT2D eigenvalue weighted by molar-refractivity contribution is 5.29. The first-order valence-electron chi connectivity index (χ1n) is 10.0. The smallest absolute Gasteiger partial charge is 0.165 e. The zero-order valence-electron chi connectivity index (χ0n) is 16.2. The summed E-state index contributed by atoms with van der Waals surface area (Å²) in [6, 6.07) is 16.1. The Labute approximate surface area is 161 Å². The van der Waals surface area contributed by atoms with E-state index < -0.39 is 0 Å². The molecule has 0 amide bonds. The molecule has 1 atom stereocenters. The first-order valence-corrected chi connectivity index (χ1v) is 10.0. The van der Waals surface area contributed by atoms with Crippen molar-refractivity contribution in [2.24, 2.45) is 0 Å². The van der Waals surface area contributed by atoms with E-state index in [1.165, 1.54) is 44.9 Å². The number of ether oxygens (including phenoxy) is 1. The van der Waals surface area contributed by atoms with Crippen LogP contribution in [0.2, 0.25) is 0 Å². The van der Waals surface area contributed by atoms with Crippen molar-refractivity contribution in [1.29, 1.82) is 0 Å². The van der Waals surface area contributed by atoms with E-state index in [4.69, 9.17) is 4.74 Å². The second kappa shape index (κ2) is 7.99. The fourth-order valence-electron chi connectivity index (χ4n) is 4.91. The summed E-state index contributed by atoms with van der Waals surface area (Å²) in [4.78, 5) is 5.21. The molecule has 0 saturated carbocycles. The van der Waals surface area contributed by atoms with Crippen molar-refractivity contribution in [3.63, 3.8) is 0 Å². The van der Waals surface area contributed by atoms with E-state index >= 15 is 0 Å². The van der Waals surface area contributed by atoms with Gasteiger partial charge in [0.2, 0.25) is 0 Å². The topological polar surface area (TPSA) is 15.7 Å². The van der Waals surface area contributed by atoms with Crippen molar-refractivity contribution in [3.05, 3.63) is 65.5 Å².